The van der Waals surface area contributed by atoms with Crippen LogP contribution < -0.4 is 9.47 Å². The Bertz CT molecular complexity index is 471. The number of rotatable bonds is 4. The zero-order chi connectivity index (χ0) is 12.8. The van der Waals surface area contributed by atoms with Gasteiger partial charge in [-0.2, -0.15) is 0 Å². The number of benzene rings is 1. The molecule has 1 heterocycles. The molecular weight excluding hydrogens is 232 g/mol. The first-order chi connectivity index (χ1) is 8.76. The van der Waals surface area contributed by atoms with E-state index in [0.717, 1.165) is 29.9 Å². The Labute approximate surface area is 106 Å². The lowest BCUT2D eigenvalue weighted by Gasteiger charge is -2.25. The monoisotopic (exact) mass is 250 g/mol. The van der Waals surface area contributed by atoms with Gasteiger partial charge in [0.2, 0.25) is 0 Å². The number of fused-ring (bicyclic) bond motifs is 3. The molecule has 1 aromatic carbocycles. The summed E-state index contributed by atoms with van der Waals surface area (Å²) in [5.41, 5.74) is 1.90. The summed E-state index contributed by atoms with van der Waals surface area (Å²) in [4.78, 5) is 0. The smallest absolute Gasteiger partial charge is 0.126 e. The van der Waals surface area contributed by atoms with Gasteiger partial charge in [0.1, 0.15) is 17.1 Å². The summed E-state index contributed by atoms with van der Waals surface area (Å²) in [6.07, 6.45) is 2.76. The Morgan fingerprint density at radius 2 is 2.06 bits per heavy atom. The van der Waals surface area contributed by atoms with Crippen LogP contribution in [-0.2, 0) is 16.8 Å². The summed E-state index contributed by atoms with van der Waals surface area (Å²) in [5.74, 6) is 1.72. The largest absolute Gasteiger partial charge is 0.496 e. The summed E-state index contributed by atoms with van der Waals surface area (Å²) in [6.45, 7) is 0.121. The van der Waals surface area contributed by atoms with E-state index in [1.54, 1.807) is 14.2 Å². The van der Waals surface area contributed by atoms with Crippen LogP contribution in [0.1, 0.15) is 24.0 Å². The number of aliphatic hydroxyl groups is 1. The van der Waals surface area contributed by atoms with E-state index < -0.39 is 0 Å². The van der Waals surface area contributed by atoms with E-state index in [4.69, 9.17) is 14.2 Å². The quantitative estimate of drug-likeness (QED) is 0.825. The van der Waals surface area contributed by atoms with E-state index in [9.17, 15) is 5.11 Å². The van der Waals surface area contributed by atoms with Gasteiger partial charge >= 0.3 is 0 Å². The molecule has 2 aliphatic rings. The van der Waals surface area contributed by atoms with Crippen molar-refractivity contribution in [2.75, 3.05) is 20.8 Å². The highest BCUT2D eigenvalue weighted by molar-refractivity contribution is 5.55. The fourth-order valence-electron chi connectivity index (χ4n) is 3.20. The van der Waals surface area contributed by atoms with Gasteiger partial charge in [0, 0.05) is 24.2 Å². The van der Waals surface area contributed by atoms with Crippen molar-refractivity contribution in [2.45, 2.75) is 31.0 Å². The third-order valence-electron chi connectivity index (χ3n) is 4.05. The van der Waals surface area contributed by atoms with Crippen molar-refractivity contribution in [3.63, 3.8) is 0 Å². The molecule has 18 heavy (non-hydrogen) atoms. The van der Waals surface area contributed by atoms with E-state index in [0.29, 0.717) is 6.42 Å². The van der Waals surface area contributed by atoms with E-state index in [1.165, 1.54) is 5.56 Å². The van der Waals surface area contributed by atoms with Crippen molar-refractivity contribution in [3.05, 3.63) is 23.3 Å². The van der Waals surface area contributed by atoms with Crippen LogP contribution in [0.25, 0.3) is 0 Å². The first-order valence-electron chi connectivity index (χ1n) is 6.30. The van der Waals surface area contributed by atoms with Crippen molar-refractivity contribution < 1.29 is 19.3 Å². The van der Waals surface area contributed by atoms with E-state index in [1.807, 2.05) is 12.1 Å². The molecule has 2 unspecified atom stereocenters. The van der Waals surface area contributed by atoms with Gasteiger partial charge < -0.3 is 19.3 Å². The molecule has 98 valence electrons. The first-order valence-corrected chi connectivity index (χ1v) is 6.30. The van der Waals surface area contributed by atoms with Crippen LogP contribution in [0.4, 0.5) is 0 Å². The van der Waals surface area contributed by atoms with E-state index >= 15 is 0 Å². The molecule has 0 amide bonds. The van der Waals surface area contributed by atoms with Crippen LogP contribution >= 0.6 is 0 Å². The Kier molecular flexibility index (Phi) is 2.72. The van der Waals surface area contributed by atoms with Gasteiger partial charge in [0.25, 0.3) is 0 Å². The second-order valence-corrected chi connectivity index (χ2v) is 4.83. The minimum Gasteiger partial charge on any atom is -0.496 e. The maximum absolute atomic E-state index is 9.27. The van der Waals surface area contributed by atoms with Crippen LogP contribution in [0.15, 0.2) is 12.1 Å². The summed E-state index contributed by atoms with van der Waals surface area (Å²) in [7, 11) is 3.35. The molecule has 0 bridgehead atoms. The average molecular weight is 250 g/mol. The molecule has 4 heteroatoms. The highest BCUT2D eigenvalue weighted by Crippen LogP contribution is 2.59. The average Bonchev–Trinajstić information content (AvgIpc) is 3.12. The molecule has 0 aromatic heterocycles. The Balaban J connectivity index is 2.15. The fourth-order valence-corrected chi connectivity index (χ4v) is 3.20. The van der Waals surface area contributed by atoms with Gasteiger partial charge in [-0.3, -0.25) is 0 Å². The molecule has 1 aliphatic carbocycles. The summed E-state index contributed by atoms with van der Waals surface area (Å²) >= 11 is 0. The Hall–Kier alpha value is -1.26. The molecule has 1 aromatic rings. The molecular formula is C14H18O4. The maximum Gasteiger partial charge on any atom is 0.126 e. The van der Waals surface area contributed by atoms with Crippen molar-refractivity contribution in [2.24, 2.45) is 0 Å². The topological polar surface area (TPSA) is 51.2 Å². The third kappa shape index (κ3) is 1.45. The molecule has 3 rings (SSSR count). The summed E-state index contributed by atoms with van der Waals surface area (Å²) in [6, 6.07) is 3.86. The van der Waals surface area contributed by atoms with Gasteiger partial charge in [0.05, 0.1) is 20.3 Å². The van der Waals surface area contributed by atoms with Crippen molar-refractivity contribution in [1.82, 2.24) is 0 Å². The van der Waals surface area contributed by atoms with Gasteiger partial charge in [0.15, 0.2) is 0 Å². The van der Waals surface area contributed by atoms with Gasteiger partial charge in [-0.25, -0.2) is 0 Å². The van der Waals surface area contributed by atoms with Crippen molar-refractivity contribution >= 4 is 0 Å². The Morgan fingerprint density at radius 1 is 1.33 bits per heavy atom. The molecule has 0 saturated carbocycles. The van der Waals surface area contributed by atoms with Crippen LogP contribution in [0.5, 0.6) is 11.5 Å². The standard InChI is InChI=1S/C14H18O4/c1-16-10-4-5-11(17-2)13-9(10)3-6-12-14(13,18-12)7-8-15/h4-5,12,15H,3,6-8H2,1-2H3. The van der Waals surface area contributed by atoms with Crippen LogP contribution in [0, 0.1) is 0 Å². The van der Waals surface area contributed by atoms with Crippen LogP contribution in [0.3, 0.4) is 0 Å². The summed E-state index contributed by atoms with van der Waals surface area (Å²) in [5, 5.41) is 9.27. The highest BCUT2D eigenvalue weighted by atomic mass is 16.6. The number of hydrogen-bond donors (Lipinski definition) is 1. The number of ether oxygens (including phenoxy) is 3. The van der Waals surface area contributed by atoms with Gasteiger partial charge in [-0.1, -0.05) is 0 Å². The van der Waals surface area contributed by atoms with E-state index in [2.05, 4.69) is 0 Å². The number of hydrogen-bond acceptors (Lipinski definition) is 4. The van der Waals surface area contributed by atoms with Crippen molar-refractivity contribution in [1.29, 1.82) is 0 Å². The highest BCUT2D eigenvalue weighted by Gasteiger charge is 2.61. The predicted octanol–water partition coefficient (Wildman–Crippen LogP) is 1.63. The van der Waals surface area contributed by atoms with Crippen LogP contribution in [-0.4, -0.2) is 32.0 Å². The minimum atomic E-state index is -0.345. The lowest BCUT2D eigenvalue weighted by Crippen LogP contribution is -2.23. The predicted molar refractivity (Wildman–Crippen MR) is 66.1 cm³/mol. The molecule has 0 spiro atoms. The lowest BCUT2D eigenvalue weighted by atomic mass is 9.80. The molecule has 1 N–H and O–H groups in total. The first kappa shape index (κ1) is 11.8. The van der Waals surface area contributed by atoms with Crippen molar-refractivity contribution in [3.8, 4) is 11.5 Å². The van der Waals surface area contributed by atoms with Gasteiger partial charge in [-0.15, -0.1) is 0 Å². The SMILES string of the molecule is COc1ccc(OC)c2c1CCC1OC21CCO. The lowest BCUT2D eigenvalue weighted by molar-refractivity contribution is 0.210. The molecule has 0 radical (unpaired) electrons. The second-order valence-electron chi connectivity index (χ2n) is 4.83. The zero-order valence-electron chi connectivity index (χ0n) is 10.7. The number of aliphatic hydroxyl groups excluding tert-OH is 1. The molecule has 4 nitrogen and oxygen atoms in total. The zero-order valence-corrected chi connectivity index (χ0v) is 10.7. The Morgan fingerprint density at radius 3 is 2.72 bits per heavy atom. The minimum absolute atomic E-state index is 0.121. The fraction of sp³-hybridized carbons (Fsp3) is 0.571. The molecule has 1 aliphatic heterocycles. The number of epoxide rings is 1. The maximum atomic E-state index is 9.27. The molecule has 1 fully saturated rings. The second kappa shape index (κ2) is 4.14. The van der Waals surface area contributed by atoms with E-state index in [-0.39, 0.29) is 18.3 Å². The molecule has 1 saturated heterocycles. The molecule has 2 atom stereocenters. The van der Waals surface area contributed by atoms with Gasteiger partial charge in [-0.05, 0) is 25.0 Å². The third-order valence-corrected chi connectivity index (χ3v) is 4.05. The van der Waals surface area contributed by atoms with Crippen LogP contribution in [0.2, 0.25) is 0 Å². The normalized spacial score (nSPS) is 28.3. The number of methoxy groups -OCH3 is 2. The summed E-state index contributed by atoms with van der Waals surface area (Å²) < 4.78 is 16.8.